The summed E-state index contributed by atoms with van der Waals surface area (Å²) in [5.41, 5.74) is 0. The number of hydrogen-bond acceptors (Lipinski definition) is 4. The van der Waals surface area contributed by atoms with E-state index in [0.29, 0.717) is 12.2 Å². The maximum absolute atomic E-state index is 11.1. The van der Waals surface area contributed by atoms with Crippen molar-refractivity contribution in [1.29, 1.82) is 0 Å². The molecule has 0 saturated heterocycles. The molecule has 0 aromatic rings. The first kappa shape index (κ1) is 13.7. The van der Waals surface area contributed by atoms with Gasteiger partial charge in [0.25, 0.3) is 0 Å². The van der Waals surface area contributed by atoms with Crippen molar-refractivity contribution >= 4 is 27.8 Å². The molecular formula is C7H15NO4S2. The second-order valence-corrected chi connectivity index (χ2v) is 5.72. The third-order valence-corrected chi connectivity index (χ3v) is 3.66. The van der Waals surface area contributed by atoms with Gasteiger partial charge in [-0.05, 0) is 25.4 Å². The van der Waals surface area contributed by atoms with Gasteiger partial charge in [-0.25, -0.2) is 13.1 Å². The van der Waals surface area contributed by atoms with Gasteiger partial charge in [-0.3, -0.25) is 4.79 Å². The number of carboxylic acid groups (broad SMARTS) is 1. The van der Waals surface area contributed by atoms with E-state index in [4.69, 9.17) is 5.11 Å². The van der Waals surface area contributed by atoms with E-state index in [1.807, 2.05) is 6.26 Å². The summed E-state index contributed by atoms with van der Waals surface area (Å²) in [5, 5.41) is 8.72. The fourth-order valence-electron chi connectivity index (χ4n) is 0.769. The van der Waals surface area contributed by atoms with Gasteiger partial charge in [-0.1, -0.05) is 0 Å². The molecular weight excluding hydrogens is 226 g/mol. The highest BCUT2D eigenvalue weighted by atomic mass is 32.2. The first-order valence-corrected chi connectivity index (χ1v) is 7.19. The molecule has 14 heavy (non-hydrogen) atoms. The molecule has 0 aliphatic heterocycles. The minimum Gasteiger partial charge on any atom is -0.480 e. The van der Waals surface area contributed by atoms with Crippen LogP contribution in [0.15, 0.2) is 0 Å². The summed E-state index contributed by atoms with van der Waals surface area (Å²) in [7, 11) is -3.43. The van der Waals surface area contributed by atoms with Gasteiger partial charge < -0.3 is 5.11 Å². The Morgan fingerprint density at radius 2 is 2.14 bits per heavy atom. The molecule has 2 N–H and O–H groups in total. The van der Waals surface area contributed by atoms with Crippen LogP contribution in [0.25, 0.3) is 0 Å². The predicted molar refractivity (Wildman–Crippen MR) is 57.0 cm³/mol. The van der Waals surface area contributed by atoms with Gasteiger partial charge in [0, 0.05) is 0 Å². The zero-order valence-electron chi connectivity index (χ0n) is 8.19. The van der Waals surface area contributed by atoms with Gasteiger partial charge in [0.1, 0.15) is 6.04 Å². The maximum Gasteiger partial charge on any atom is 0.321 e. The summed E-state index contributed by atoms with van der Waals surface area (Å²) in [6, 6.07) is -1.01. The van der Waals surface area contributed by atoms with Crippen molar-refractivity contribution in [1.82, 2.24) is 4.72 Å². The summed E-state index contributed by atoms with van der Waals surface area (Å²) < 4.78 is 24.3. The van der Waals surface area contributed by atoms with Crippen LogP contribution in [-0.4, -0.2) is 43.3 Å². The van der Waals surface area contributed by atoms with Gasteiger partial charge in [0.15, 0.2) is 0 Å². The molecule has 0 radical (unpaired) electrons. The molecule has 0 aliphatic rings. The molecule has 0 unspecified atom stereocenters. The van der Waals surface area contributed by atoms with Crippen LogP contribution in [0, 0.1) is 0 Å². The number of sulfonamides is 1. The molecule has 0 aromatic carbocycles. The lowest BCUT2D eigenvalue weighted by molar-refractivity contribution is -0.139. The smallest absolute Gasteiger partial charge is 0.321 e. The number of thioether (sulfide) groups is 1. The highest BCUT2D eigenvalue weighted by Crippen LogP contribution is 2.02. The first-order valence-electron chi connectivity index (χ1n) is 4.14. The van der Waals surface area contributed by atoms with E-state index < -0.39 is 22.0 Å². The number of hydrogen-bond donors (Lipinski definition) is 2. The van der Waals surface area contributed by atoms with Crippen molar-refractivity contribution in [2.45, 2.75) is 19.4 Å². The van der Waals surface area contributed by atoms with Gasteiger partial charge in [0.05, 0.1) is 5.75 Å². The fraction of sp³-hybridized carbons (Fsp3) is 0.857. The molecule has 0 saturated carbocycles. The zero-order valence-corrected chi connectivity index (χ0v) is 9.82. The van der Waals surface area contributed by atoms with E-state index in [1.54, 1.807) is 0 Å². The zero-order chi connectivity index (χ0) is 11.2. The molecule has 0 fully saturated rings. The predicted octanol–water partition coefficient (Wildman–Crippen LogP) is 0.132. The summed E-state index contributed by atoms with van der Waals surface area (Å²) >= 11 is 1.48. The minimum atomic E-state index is -3.43. The second kappa shape index (κ2) is 6.26. The largest absolute Gasteiger partial charge is 0.480 e. The van der Waals surface area contributed by atoms with Crippen LogP contribution in [-0.2, 0) is 14.8 Å². The van der Waals surface area contributed by atoms with E-state index >= 15 is 0 Å². The average Bonchev–Trinajstić information content (AvgIpc) is 2.12. The number of carboxylic acids is 1. The monoisotopic (exact) mass is 241 g/mol. The Balaban J connectivity index is 4.31. The van der Waals surface area contributed by atoms with Crippen LogP contribution in [0.5, 0.6) is 0 Å². The van der Waals surface area contributed by atoms with Crippen LogP contribution in [0.3, 0.4) is 0 Å². The van der Waals surface area contributed by atoms with Crippen molar-refractivity contribution < 1.29 is 18.3 Å². The molecule has 0 bridgehead atoms. The number of nitrogens with one attached hydrogen (secondary N) is 1. The Hall–Kier alpha value is -0.270. The highest BCUT2D eigenvalue weighted by Gasteiger charge is 2.21. The summed E-state index contributed by atoms with van der Waals surface area (Å²) in [6.07, 6.45) is 2.14. The van der Waals surface area contributed by atoms with Gasteiger partial charge in [-0.2, -0.15) is 11.8 Å². The highest BCUT2D eigenvalue weighted by molar-refractivity contribution is 7.98. The second-order valence-electron chi connectivity index (χ2n) is 2.69. The number of carbonyl (C=O) groups is 1. The lowest BCUT2D eigenvalue weighted by atomic mass is 10.2. The molecule has 0 aliphatic carbocycles. The average molecular weight is 241 g/mol. The molecule has 0 spiro atoms. The SMILES string of the molecule is CCS(=O)(=O)N[C@@H](CCSC)C(=O)O. The van der Waals surface area contributed by atoms with E-state index in [9.17, 15) is 13.2 Å². The summed E-state index contributed by atoms with van der Waals surface area (Å²) in [6.45, 7) is 1.47. The Labute approximate surface area is 88.3 Å². The van der Waals surface area contributed by atoms with Gasteiger partial charge in [-0.15, -0.1) is 0 Å². The van der Waals surface area contributed by atoms with E-state index in [1.165, 1.54) is 18.7 Å². The lowest BCUT2D eigenvalue weighted by Gasteiger charge is -2.12. The van der Waals surface area contributed by atoms with Crippen LogP contribution in [0.2, 0.25) is 0 Å². The molecule has 5 nitrogen and oxygen atoms in total. The quantitative estimate of drug-likeness (QED) is 0.662. The van der Waals surface area contributed by atoms with Gasteiger partial charge in [0.2, 0.25) is 10.0 Å². The van der Waals surface area contributed by atoms with Crippen molar-refractivity contribution in [2.75, 3.05) is 17.8 Å². The molecule has 0 amide bonds. The first-order chi connectivity index (χ1) is 6.43. The van der Waals surface area contributed by atoms with Crippen LogP contribution >= 0.6 is 11.8 Å². The number of aliphatic carboxylic acids is 1. The summed E-state index contributed by atoms with van der Waals surface area (Å²) in [5.74, 6) is -0.615. The Bertz CT molecular complexity index is 275. The molecule has 0 heterocycles. The topological polar surface area (TPSA) is 83.5 Å². The van der Waals surface area contributed by atoms with Crippen molar-refractivity contribution in [2.24, 2.45) is 0 Å². The van der Waals surface area contributed by atoms with Crippen molar-refractivity contribution in [3.8, 4) is 0 Å². The standard InChI is InChI=1S/C7H15NO4S2/c1-3-14(11,12)8-6(7(9)10)4-5-13-2/h6,8H,3-5H2,1-2H3,(H,9,10)/t6-/m0/s1. The van der Waals surface area contributed by atoms with Crippen molar-refractivity contribution in [3.05, 3.63) is 0 Å². The Kier molecular flexibility index (Phi) is 6.14. The fourth-order valence-corrected chi connectivity index (χ4v) is 2.06. The molecule has 0 rings (SSSR count). The Morgan fingerprint density at radius 1 is 1.57 bits per heavy atom. The van der Waals surface area contributed by atoms with Crippen LogP contribution in [0.1, 0.15) is 13.3 Å². The normalized spacial score (nSPS) is 13.9. The third-order valence-electron chi connectivity index (χ3n) is 1.61. The molecule has 1 atom stereocenters. The lowest BCUT2D eigenvalue weighted by Crippen LogP contribution is -2.41. The Morgan fingerprint density at radius 3 is 2.50 bits per heavy atom. The van der Waals surface area contributed by atoms with E-state index in [2.05, 4.69) is 4.72 Å². The maximum atomic E-state index is 11.1. The van der Waals surface area contributed by atoms with Crippen LogP contribution < -0.4 is 4.72 Å². The van der Waals surface area contributed by atoms with E-state index in [-0.39, 0.29) is 5.75 Å². The molecule has 84 valence electrons. The number of rotatable bonds is 7. The van der Waals surface area contributed by atoms with Crippen LogP contribution in [0.4, 0.5) is 0 Å². The van der Waals surface area contributed by atoms with Crippen molar-refractivity contribution in [3.63, 3.8) is 0 Å². The minimum absolute atomic E-state index is 0.101. The molecule has 0 aromatic heterocycles. The van der Waals surface area contributed by atoms with Gasteiger partial charge >= 0.3 is 5.97 Å². The third kappa shape index (κ3) is 5.46. The van der Waals surface area contributed by atoms with E-state index in [0.717, 1.165) is 0 Å². The molecule has 7 heteroatoms. The summed E-state index contributed by atoms with van der Waals surface area (Å²) in [4.78, 5) is 10.7.